The van der Waals surface area contributed by atoms with E-state index in [1.807, 2.05) is 26.0 Å². The fraction of sp³-hybridized carbons (Fsp3) is 0.0769. The van der Waals surface area contributed by atoms with E-state index in [2.05, 4.69) is 4.18 Å². The third-order valence-corrected chi connectivity index (χ3v) is 5.32. The van der Waals surface area contributed by atoms with Crippen LogP contribution in [0, 0.1) is 13.8 Å². The Hall–Kier alpha value is -4.09. The monoisotopic (exact) mass is 548 g/mol. The molecule has 37 heavy (non-hydrogen) atoms. The minimum atomic E-state index is -4.88. The van der Waals surface area contributed by atoms with Crippen molar-refractivity contribution in [2.75, 3.05) is 0 Å². The van der Waals surface area contributed by atoms with Gasteiger partial charge in [0.1, 0.15) is 23.0 Å². The minimum Gasteiger partial charge on any atom is -0.508 e. The summed E-state index contributed by atoms with van der Waals surface area (Å²) in [6, 6.07) is 29.4. The van der Waals surface area contributed by atoms with Crippen molar-refractivity contribution in [2.45, 2.75) is 13.8 Å². The summed E-state index contributed by atoms with van der Waals surface area (Å²) in [5, 5.41) is 8.76. The maximum absolute atomic E-state index is 11.8. The summed E-state index contributed by atoms with van der Waals surface area (Å²) in [6.45, 7) is 3.89. The normalized spacial score (nSPS) is 10.6. The van der Waals surface area contributed by atoms with E-state index in [1.165, 1.54) is 29.8 Å². The Morgan fingerprint density at radius 3 is 1.27 bits per heavy atom. The van der Waals surface area contributed by atoms with E-state index in [1.54, 1.807) is 72.8 Å². The highest BCUT2D eigenvalue weighted by atomic mass is 32.3. The number of hydrogen-bond donors (Lipinski definition) is 1. The molecule has 0 heterocycles. The van der Waals surface area contributed by atoms with Gasteiger partial charge in [0.15, 0.2) is 0 Å². The summed E-state index contributed by atoms with van der Waals surface area (Å²) in [6.07, 6.45) is 0. The predicted octanol–water partition coefficient (Wildman–Crippen LogP) is 5.68. The number of benzene rings is 4. The van der Waals surface area contributed by atoms with Gasteiger partial charge < -0.3 is 17.7 Å². The van der Waals surface area contributed by atoms with Gasteiger partial charge in [-0.05, 0) is 62.4 Å². The molecule has 4 aromatic carbocycles. The van der Waals surface area contributed by atoms with Crippen molar-refractivity contribution < 1.29 is 38.4 Å². The van der Waals surface area contributed by atoms with Gasteiger partial charge >= 0.3 is 20.9 Å². The number of hydrogen-bond acceptors (Lipinski definition) is 8. The van der Waals surface area contributed by atoms with Crippen molar-refractivity contribution >= 4 is 20.9 Å². The van der Waals surface area contributed by atoms with Crippen LogP contribution in [-0.2, 0) is 20.9 Å². The molecule has 0 fully saturated rings. The van der Waals surface area contributed by atoms with Gasteiger partial charge in [0.25, 0.3) is 0 Å². The standard InChI is InChI=1S/C13H12O4S.C7H8O.C6H5FO3S/c1-11-7-9-13(10-8-11)17-18(14,15)16-12-5-3-2-4-6-12;1-6-2-4-7(8)5-3-6;7-11(8,9)10-6-4-2-1-3-5-6/h2-10H,1H3;2-5,8H,1H3;1-5H. The lowest BCUT2D eigenvalue weighted by molar-refractivity contribution is 0.392. The summed E-state index contributed by atoms with van der Waals surface area (Å²) in [4.78, 5) is 0. The van der Waals surface area contributed by atoms with Crippen molar-refractivity contribution in [1.82, 2.24) is 0 Å². The third kappa shape index (κ3) is 13.0. The van der Waals surface area contributed by atoms with Crippen LogP contribution in [0.3, 0.4) is 0 Å². The molecule has 0 unspecified atom stereocenters. The highest BCUT2D eigenvalue weighted by Crippen LogP contribution is 2.17. The number of rotatable bonds is 6. The molecule has 0 aliphatic heterocycles. The zero-order valence-corrected chi connectivity index (χ0v) is 21.5. The van der Waals surface area contributed by atoms with Gasteiger partial charge in [-0.3, -0.25) is 0 Å². The fourth-order valence-corrected chi connectivity index (χ4v) is 3.53. The zero-order chi connectivity index (χ0) is 27.3. The maximum atomic E-state index is 11.8. The van der Waals surface area contributed by atoms with Crippen LogP contribution in [0.25, 0.3) is 0 Å². The second kappa shape index (κ2) is 13.9. The van der Waals surface area contributed by atoms with E-state index in [0.717, 1.165) is 5.56 Å². The topological polar surface area (TPSA) is 116 Å². The van der Waals surface area contributed by atoms with Crippen molar-refractivity contribution in [1.29, 1.82) is 0 Å². The Morgan fingerprint density at radius 1 is 0.541 bits per heavy atom. The van der Waals surface area contributed by atoms with Crippen LogP contribution in [0.2, 0.25) is 0 Å². The van der Waals surface area contributed by atoms with E-state index in [-0.39, 0.29) is 17.2 Å². The Morgan fingerprint density at radius 2 is 0.892 bits per heavy atom. The fourth-order valence-electron chi connectivity index (χ4n) is 2.46. The van der Waals surface area contributed by atoms with E-state index in [0.29, 0.717) is 5.75 Å². The summed E-state index contributed by atoms with van der Waals surface area (Å²) in [7, 11) is -8.98. The summed E-state index contributed by atoms with van der Waals surface area (Å²) < 4.78 is 68.4. The first-order valence-electron chi connectivity index (χ1n) is 10.6. The quantitative estimate of drug-likeness (QED) is 0.306. The Kier molecular flexibility index (Phi) is 10.9. The van der Waals surface area contributed by atoms with Gasteiger partial charge in [0, 0.05) is 0 Å². The maximum Gasteiger partial charge on any atom is 0.500 e. The first-order chi connectivity index (χ1) is 17.4. The Balaban J connectivity index is 0.000000215. The molecular weight excluding hydrogens is 523 g/mol. The Labute approximate surface area is 216 Å². The molecular formula is C26H25FO8S2. The summed E-state index contributed by atoms with van der Waals surface area (Å²) in [5.74, 6) is 0.728. The van der Waals surface area contributed by atoms with Gasteiger partial charge in [-0.15, -0.1) is 8.42 Å². The van der Waals surface area contributed by atoms with E-state index in [9.17, 15) is 20.7 Å². The van der Waals surface area contributed by atoms with Crippen molar-refractivity contribution in [3.8, 4) is 23.0 Å². The highest BCUT2D eigenvalue weighted by molar-refractivity contribution is 7.82. The number of para-hydroxylation sites is 2. The van der Waals surface area contributed by atoms with Crippen LogP contribution in [-0.4, -0.2) is 21.9 Å². The molecule has 0 radical (unpaired) electrons. The average Bonchev–Trinajstić information content (AvgIpc) is 2.83. The molecule has 8 nitrogen and oxygen atoms in total. The van der Waals surface area contributed by atoms with Crippen molar-refractivity contribution in [3.63, 3.8) is 0 Å². The predicted molar refractivity (Wildman–Crippen MR) is 138 cm³/mol. The van der Waals surface area contributed by atoms with Gasteiger partial charge in [-0.25, -0.2) is 0 Å². The molecule has 0 spiro atoms. The first-order valence-corrected chi connectivity index (χ1v) is 13.3. The highest BCUT2D eigenvalue weighted by Gasteiger charge is 2.15. The van der Waals surface area contributed by atoms with E-state index < -0.39 is 20.9 Å². The third-order valence-electron chi connectivity index (χ3n) is 4.13. The molecule has 0 amide bonds. The molecule has 4 rings (SSSR count). The molecule has 11 heteroatoms. The molecule has 0 bridgehead atoms. The molecule has 0 atom stereocenters. The molecule has 0 aliphatic rings. The smallest absolute Gasteiger partial charge is 0.500 e. The Bertz CT molecular complexity index is 1410. The first kappa shape index (κ1) is 29.1. The molecule has 0 aliphatic carbocycles. The SMILES string of the molecule is Cc1ccc(O)cc1.Cc1ccc(OS(=O)(=O)Oc2ccccc2)cc1.O=S(=O)(F)Oc1ccccc1. The second-order valence-corrected chi connectivity index (χ2v) is 9.43. The molecule has 4 aromatic rings. The van der Waals surface area contributed by atoms with Crippen molar-refractivity contribution in [2.24, 2.45) is 0 Å². The van der Waals surface area contributed by atoms with Crippen molar-refractivity contribution in [3.05, 3.63) is 120 Å². The summed E-state index contributed by atoms with van der Waals surface area (Å²) in [5.41, 5.74) is 2.19. The molecule has 0 aromatic heterocycles. The molecule has 0 saturated heterocycles. The zero-order valence-electron chi connectivity index (χ0n) is 19.9. The number of phenols is 1. The lowest BCUT2D eigenvalue weighted by Gasteiger charge is -2.07. The van der Waals surface area contributed by atoms with Crippen LogP contribution < -0.4 is 12.5 Å². The van der Waals surface area contributed by atoms with Gasteiger partial charge in [0.2, 0.25) is 0 Å². The summed E-state index contributed by atoms with van der Waals surface area (Å²) >= 11 is 0. The van der Waals surface area contributed by atoms with Crippen LogP contribution in [0.15, 0.2) is 109 Å². The van der Waals surface area contributed by atoms with Gasteiger partial charge in [0.05, 0.1) is 0 Å². The lowest BCUT2D eigenvalue weighted by Crippen LogP contribution is -2.16. The molecule has 0 saturated carbocycles. The second-order valence-electron chi connectivity index (χ2n) is 7.33. The minimum absolute atomic E-state index is 0.0324. The number of aromatic hydroxyl groups is 1. The lowest BCUT2D eigenvalue weighted by atomic mass is 10.2. The largest absolute Gasteiger partial charge is 0.508 e. The van der Waals surface area contributed by atoms with E-state index >= 15 is 0 Å². The van der Waals surface area contributed by atoms with Gasteiger partial charge in [-0.1, -0.05) is 75.7 Å². The van der Waals surface area contributed by atoms with Gasteiger partial charge in [-0.2, -0.15) is 8.42 Å². The molecule has 1 N–H and O–H groups in total. The van der Waals surface area contributed by atoms with Crippen LogP contribution in [0.5, 0.6) is 23.0 Å². The number of phenolic OH excluding ortho intramolecular Hbond substituents is 1. The molecule has 196 valence electrons. The number of halogens is 1. The van der Waals surface area contributed by atoms with Crippen LogP contribution in [0.1, 0.15) is 11.1 Å². The van der Waals surface area contributed by atoms with Crippen LogP contribution >= 0.6 is 0 Å². The number of aryl methyl sites for hydroxylation is 2. The van der Waals surface area contributed by atoms with E-state index in [4.69, 9.17) is 13.5 Å². The van der Waals surface area contributed by atoms with Crippen LogP contribution in [0.4, 0.5) is 3.89 Å². The average molecular weight is 549 g/mol.